The topological polar surface area (TPSA) is 44.3 Å². The van der Waals surface area contributed by atoms with Crippen molar-refractivity contribution >= 4 is 0 Å². The lowest BCUT2D eigenvalue weighted by Crippen LogP contribution is -2.82. The van der Waals surface area contributed by atoms with Gasteiger partial charge in [-0.15, -0.1) is 0 Å². The zero-order chi connectivity index (χ0) is 21.4. The Balaban J connectivity index is 1.58. The van der Waals surface area contributed by atoms with Crippen LogP contribution in [0.25, 0.3) is 0 Å². The largest absolute Gasteiger partial charge is 0.493 e. The third-order valence-electron chi connectivity index (χ3n) is 6.31. The van der Waals surface area contributed by atoms with Crippen LogP contribution in [0, 0.1) is 11.8 Å². The maximum Gasteiger partial charge on any atom is 0.161 e. The van der Waals surface area contributed by atoms with Gasteiger partial charge in [0.15, 0.2) is 11.5 Å². The molecule has 2 atom stereocenters. The Morgan fingerprint density at radius 3 is 2.50 bits per heavy atom. The van der Waals surface area contributed by atoms with Gasteiger partial charge in [-0.3, -0.25) is 0 Å². The molecule has 0 amide bonds. The molecule has 0 saturated carbocycles. The molecule has 3 rings (SSSR count). The molecule has 1 heterocycles. The minimum atomic E-state index is 0.00121. The van der Waals surface area contributed by atoms with Crippen LogP contribution < -0.4 is 14.8 Å². The van der Waals surface area contributed by atoms with Crippen LogP contribution in [-0.2, 0) is 17.7 Å². The molecule has 4 heteroatoms. The summed E-state index contributed by atoms with van der Waals surface area (Å²) in [7, 11) is 3.36. The molecule has 30 heavy (non-hydrogen) atoms. The van der Waals surface area contributed by atoms with E-state index in [1.165, 1.54) is 24.0 Å². The normalized spacial score (nSPS) is 19.3. The molecular formula is C26H38NO3+. The highest BCUT2D eigenvalue weighted by Crippen LogP contribution is 2.36. The number of methoxy groups -OCH3 is 2. The lowest BCUT2D eigenvalue weighted by atomic mass is 9.75. The molecule has 2 aromatic rings. The maximum absolute atomic E-state index is 5.99. The second-order valence-corrected chi connectivity index (χ2v) is 9.07. The molecule has 1 aliphatic heterocycles. The minimum absolute atomic E-state index is 0.00121. The summed E-state index contributed by atoms with van der Waals surface area (Å²) in [5.74, 6) is 3.00. The number of hydrogen-bond donors (Lipinski definition) is 1. The highest BCUT2D eigenvalue weighted by molar-refractivity contribution is 5.42. The number of hydrogen-bond acceptors (Lipinski definition) is 3. The molecule has 164 valence electrons. The first kappa shape index (κ1) is 22.6. The fraction of sp³-hybridized carbons (Fsp3) is 0.538. The average Bonchev–Trinajstić information content (AvgIpc) is 2.75. The highest BCUT2D eigenvalue weighted by Gasteiger charge is 2.33. The Morgan fingerprint density at radius 1 is 1.03 bits per heavy atom. The van der Waals surface area contributed by atoms with Crippen molar-refractivity contribution in [1.82, 2.24) is 0 Å². The van der Waals surface area contributed by atoms with Gasteiger partial charge in [0.25, 0.3) is 0 Å². The molecule has 1 aliphatic rings. The van der Waals surface area contributed by atoms with Crippen LogP contribution in [0.4, 0.5) is 0 Å². The van der Waals surface area contributed by atoms with E-state index in [0.717, 1.165) is 50.0 Å². The van der Waals surface area contributed by atoms with Crippen LogP contribution in [0.1, 0.15) is 44.2 Å². The second kappa shape index (κ2) is 10.8. The van der Waals surface area contributed by atoms with Crippen molar-refractivity contribution in [2.45, 2.75) is 51.7 Å². The summed E-state index contributed by atoms with van der Waals surface area (Å²) in [6, 6.07) is 17.2. The Hall–Kier alpha value is -2.04. The first-order valence-electron chi connectivity index (χ1n) is 11.2. The van der Waals surface area contributed by atoms with Crippen molar-refractivity contribution in [3.8, 4) is 11.5 Å². The first-order chi connectivity index (χ1) is 14.5. The van der Waals surface area contributed by atoms with E-state index in [-0.39, 0.29) is 5.60 Å². The highest BCUT2D eigenvalue weighted by atomic mass is 16.5. The maximum atomic E-state index is 5.99. The van der Waals surface area contributed by atoms with Crippen molar-refractivity contribution in [2.75, 3.05) is 27.4 Å². The molecule has 2 aromatic carbocycles. The molecule has 0 radical (unpaired) electrons. The van der Waals surface area contributed by atoms with Gasteiger partial charge in [0, 0.05) is 12.2 Å². The van der Waals surface area contributed by atoms with Crippen molar-refractivity contribution in [2.24, 2.45) is 11.8 Å². The Labute approximate surface area is 181 Å². The zero-order valence-electron chi connectivity index (χ0n) is 19.0. The summed E-state index contributed by atoms with van der Waals surface area (Å²) in [4.78, 5) is 0. The Bertz CT molecular complexity index is 775. The molecule has 0 aliphatic carbocycles. The zero-order valence-corrected chi connectivity index (χ0v) is 19.0. The van der Waals surface area contributed by atoms with E-state index in [1.54, 1.807) is 14.2 Å². The van der Waals surface area contributed by atoms with Crippen LogP contribution in [0.3, 0.4) is 0 Å². The van der Waals surface area contributed by atoms with Gasteiger partial charge >= 0.3 is 0 Å². The Kier molecular flexibility index (Phi) is 8.17. The molecule has 0 bridgehead atoms. The summed E-state index contributed by atoms with van der Waals surface area (Å²) in [6.45, 7) is 7.45. The van der Waals surface area contributed by atoms with Crippen LogP contribution in [-0.4, -0.2) is 33.0 Å². The SMILES string of the molecule is COc1ccc(C[NH2+]CC[C@H](Cc2ccccc2)[C@H]2CCOC(C)(C)C2)cc1OC. The van der Waals surface area contributed by atoms with Crippen LogP contribution in [0.2, 0.25) is 0 Å². The van der Waals surface area contributed by atoms with E-state index >= 15 is 0 Å². The van der Waals surface area contributed by atoms with Crippen molar-refractivity contribution in [3.05, 3.63) is 59.7 Å². The number of rotatable bonds is 10. The Morgan fingerprint density at radius 2 is 1.80 bits per heavy atom. The number of ether oxygens (including phenoxy) is 3. The van der Waals surface area contributed by atoms with Gasteiger partial charge in [0.05, 0.1) is 26.4 Å². The number of nitrogens with two attached hydrogens (primary N) is 1. The van der Waals surface area contributed by atoms with Gasteiger partial charge in [-0.05, 0) is 75.1 Å². The molecule has 4 nitrogen and oxygen atoms in total. The predicted molar refractivity (Wildman–Crippen MR) is 121 cm³/mol. The van der Waals surface area contributed by atoms with E-state index in [0.29, 0.717) is 5.92 Å². The molecule has 1 saturated heterocycles. The van der Waals surface area contributed by atoms with Crippen molar-refractivity contribution in [1.29, 1.82) is 0 Å². The van der Waals surface area contributed by atoms with Gasteiger partial charge in [-0.1, -0.05) is 30.3 Å². The summed E-state index contributed by atoms with van der Waals surface area (Å²) in [5, 5.41) is 2.42. The van der Waals surface area contributed by atoms with E-state index in [4.69, 9.17) is 14.2 Å². The van der Waals surface area contributed by atoms with Gasteiger partial charge in [-0.2, -0.15) is 0 Å². The first-order valence-corrected chi connectivity index (χ1v) is 11.2. The van der Waals surface area contributed by atoms with Gasteiger partial charge in [0.1, 0.15) is 6.54 Å². The van der Waals surface area contributed by atoms with Crippen molar-refractivity contribution < 1.29 is 19.5 Å². The van der Waals surface area contributed by atoms with Gasteiger partial charge < -0.3 is 19.5 Å². The fourth-order valence-corrected chi connectivity index (χ4v) is 4.71. The molecule has 0 spiro atoms. The van der Waals surface area contributed by atoms with Crippen LogP contribution in [0.15, 0.2) is 48.5 Å². The second-order valence-electron chi connectivity index (χ2n) is 9.07. The molecule has 0 unspecified atom stereocenters. The minimum Gasteiger partial charge on any atom is -0.493 e. The van der Waals surface area contributed by atoms with E-state index in [2.05, 4.69) is 61.6 Å². The summed E-state index contributed by atoms with van der Waals surface area (Å²) < 4.78 is 16.8. The van der Waals surface area contributed by atoms with Crippen LogP contribution >= 0.6 is 0 Å². The quantitative estimate of drug-likeness (QED) is 0.594. The van der Waals surface area contributed by atoms with Gasteiger partial charge in [0.2, 0.25) is 0 Å². The van der Waals surface area contributed by atoms with Crippen molar-refractivity contribution in [3.63, 3.8) is 0 Å². The standard InChI is InChI=1S/C26H37NO3/c1-26(2)18-23(13-15-30-26)22(16-20-8-6-5-7-9-20)12-14-27-19-21-10-11-24(28-3)25(17-21)29-4/h5-11,17,22-23,27H,12-16,18-19H2,1-4H3/p+1/t22-,23+/m1/s1. The summed E-state index contributed by atoms with van der Waals surface area (Å²) >= 11 is 0. The molecule has 1 fully saturated rings. The number of benzene rings is 2. The predicted octanol–water partition coefficient (Wildman–Crippen LogP) is 4.22. The van der Waals surface area contributed by atoms with Crippen LogP contribution in [0.5, 0.6) is 11.5 Å². The van der Waals surface area contributed by atoms with E-state index < -0.39 is 0 Å². The third kappa shape index (κ3) is 6.48. The smallest absolute Gasteiger partial charge is 0.161 e. The monoisotopic (exact) mass is 412 g/mol. The molecular weight excluding hydrogens is 374 g/mol. The summed E-state index contributed by atoms with van der Waals surface area (Å²) in [5.41, 5.74) is 2.72. The van der Waals surface area contributed by atoms with E-state index in [9.17, 15) is 0 Å². The molecule has 0 aromatic heterocycles. The average molecular weight is 413 g/mol. The third-order valence-corrected chi connectivity index (χ3v) is 6.31. The lowest BCUT2D eigenvalue weighted by Gasteiger charge is -2.39. The lowest BCUT2D eigenvalue weighted by molar-refractivity contribution is -0.671. The molecule has 2 N–H and O–H groups in total. The number of quaternary nitrogens is 1. The fourth-order valence-electron chi connectivity index (χ4n) is 4.71. The van der Waals surface area contributed by atoms with Gasteiger partial charge in [-0.25, -0.2) is 0 Å². The summed E-state index contributed by atoms with van der Waals surface area (Å²) in [6.07, 6.45) is 4.71. The van der Waals surface area contributed by atoms with E-state index in [1.807, 2.05) is 6.07 Å².